The molecule has 0 N–H and O–H groups in total. The summed E-state index contributed by atoms with van der Waals surface area (Å²) in [6.07, 6.45) is 3.12. The van der Waals surface area contributed by atoms with Gasteiger partial charge in [-0.2, -0.15) is 0 Å². The van der Waals surface area contributed by atoms with Crippen LogP contribution < -0.4 is 4.74 Å². The molecule has 3 aromatic rings. The lowest BCUT2D eigenvalue weighted by Gasteiger charge is -2.07. The van der Waals surface area contributed by atoms with Crippen LogP contribution in [0.2, 0.25) is 5.02 Å². The van der Waals surface area contributed by atoms with E-state index in [1.807, 2.05) is 25.1 Å². The van der Waals surface area contributed by atoms with Gasteiger partial charge in [0.1, 0.15) is 5.75 Å². The molecule has 0 saturated carbocycles. The maximum Gasteiger partial charge on any atom is 0.343 e. The van der Waals surface area contributed by atoms with E-state index >= 15 is 0 Å². The van der Waals surface area contributed by atoms with Crippen molar-refractivity contribution in [2.75, 3.05) is 0 Å². The smallest absolute Gasteiger partial charge is 0.343 e. The lowest BCUT2D eigenvalue weighted by Crippen LogP contribution is -2.09. The van der Waals surface area contributed by atoms with Crippen LogP contribution in [0.3, 0.4) is 0 Å². The lowest BCUT2D eigenvalue weighted by atomic mass is 10.1. The number of carbonyl (C=O) groups excluding carboxylic acids is 2. The van der Waals surface area contributed by atoms with Gasteiger partial charge in [-0.3, -0.25) is 4.79 Å². The molecule has 0 aliphatic heterocycles. The van der Waals surface area contributed by atoms with Gasteiger partial charge >= 0.3 is 5.97 Å². The second-order valence-electron chi connectivity index (χ2n) is 6.00. The third-order valence-electron chi connectivity index (χ3n) is 3.95. The maximum absolute atomic E-state index is 12.3. The van der Waals surface area contributed by atoms with Gasteiger partial charge in [-0.15, -0.1) is 0 Å². The van der Waals surface area contributed by atoms with Crippen molar-refractivity contribution in [2.24, 2.45) is 0 Å². The molecule has 3 nitrogen and oxygen atoms in total. The molecule has 0 saturated heterocycles. The average Bonchev–Trinajstić information content (AvgIpc) is 2.68. The number of rotatable bonds is 5. The number of ketones is 1. The number of halogens is 1. The first kappa shape index (κ1) is 18.6. The normalized spacial score (nSPS) is 10.7. The van der Waals surface area contributed by atoms with Crippen molar-refractivity contribution in [1.29, 1.82) is 0 Å². The van der Waals surface area contributed by atoms with Crippen LogP contribution in [0.15, 0.2) is 78.9 Å². The molecule has 3 aromatic carbocycles. The summed E-state index contributed by atoms with van der Waals surface area (Å²) in [6, 6.07) is 20.9. The number of esters is 1. The van der Waals surface area contributed by atoms with Gasteiger partial charge < -0.3 is 4.74 Å². The molecule has 0 aliphatic carbocycles. The van der Waals surface area contributed by atoms with Crippen LogP contribution in [0.1, 0.15) is 31.8 Å². The minimum Gasteiger partial charge on any atom is -0.422 e. The van der Waals surface area contributed by atoms with Crippen LogP contribution in [-0.4, -0.2) is 11.8 Å². The van der Waals surface area contributed by atoms with E-state index in [0.29, 0.717) is 27.5 Å². The average molecular weight is 377 g/mol. The van der Waals surface area contributed by atoms with Gasteiger partial charge in [-0.25, -0.2) is 4.79 Å². The van der Waals surface area contributed by atoms with E-state index in [9.17, 15) is 9.59 Å². The van der Waals surface area contributed by atoms with E-state index in [0.717, 1.165) is 5.56 Å². The highest BCUT2D eigenvalue weighted by atomic mass is 35.5. The second kappa shape index (κ2) is 8.47. The van der Waals surface area contributed by atoms with E-state index in [2.05, 4.69) is 0 Å². The third-order valence-corrected chi connectivity index (χ3v) is 4.20. The third kappa shape index (κ3) is 4.93. The van der Waals surface area contributed by atoms with Crippen LogP contribution in [0.4, 0.5) is 0 Å². The molecule has 0 heterocycles. The summed E-state index contributed by atoms with van der Waals surface area (Å²) in [5, 5.41) is 0.546. The Bertz CT molecular complexity index is 987. The molecular formula is C23H17ClO3. The predicted octanol–water partition coefficient (Wildman–Crippen LogP) is 5.76. The first-order chi connectivity index (χ1) is 13.0. The Kier molecular flexibility index (Phi) is 5.84. The molecule has 0 fully saturated rings. The standard InChI is InChI=1S/C23H17ClO3/c1-16-6-8-17(9-7-16)21(25)15-12-18-4-2-3-5-22(18)27-23(26)19-10-13-20(24)14-11-19/h2-15H,1H3. The number of carbonyl (C=O) groups is 2. The molecule has 0 aliphatic rings. The minimum atomic E-state index is -0.489. The summed E-state index contributed by atoms with van der Waals surface area (Å²) in [5.41, 5.74) is 2.73. The van der Waals surface area contributed by atoms with Crippen molar-refractivity contribution in [2.45, 2.75) is 6.92 Å². The van der Waals surface area contributed by atoms with E-state index < -0.39 is 5.97 Å². The summed E-state index contributed by atoms with van der Waals surface area (Å²) in [6.45, 7) is 1.97. The SMILES string of the molecule is Cc1ccc(C(=O)C=Cc2ccccc2OC(=O)c2ccc(Cl)cc2)cc1. The van der Waals surface area contributed by atoms with Crippen LogP contribution >= 0.6 is 11.6 Å². The number of hydrogen-bond acceptors (Lipinski definition) is 3. The molecule has 0 bridgehead atoms. The number of hydrogen-bond donors (Lipinski definition) is 0. The number of ether oxygens (including phenoxy) is 1. The molecule has 3 rings (SSSR count). The fourth-order valence-electron chi connectivity index (χ4n) is 2.44. The van der Waals surface area contributed by atoms with Crippen LogP contribution in [0.25, 0.3) is 6.08 Å². The second-order valence-corrected chi connectivity index (χ2v) is 6.43. The first-order valence-corrected chi connectivity index (χ1v) is 8.76. The Morgan fingerprint density at radius 1 is 0.852 bits per heavy atom. The van der Waals surface area contributed by atoms with Gasteiger partial charge in [0.25, 0.3) is 0 Å². The fraction of sp³-hybridized carbons (Fsp3) is 0.0435. The van der Waals surface area contributed by atoms with Gasteiger partial charge in [0.15, 0.2) is 5.78 Å². The number of benzene rings is 3. The molecule has 27 heavy (non-hydrogen) atoms. The molecule has 0 atom stereocenters. The molecule has 0 unspecified atom stereocenters. The summed E-state index contributed by atoms with van der Waals surface area (Å²) in [4.78, 5) is 24.6. The highest BCUT2D eigenvalue weighted by Gasteiger charge is 2.11. The van der Waals surface area contributed by atoms with Crippen molar-refractivity contribution < 1.29 is 14.3 Å². The Hall–Kier alpha value is -3.17. The first-order valence-electron chi connectivity index (χ1n) is 8.39. The molecule has 4 heteroatoms. The summed E-state index contributed by atoms with van der Waals surface area (Å²) < 4.78 is 5.48. The number of aryl methyl sites for hydroxylation is 1. The summed E-state index contributed by atoms with van der Waals surface area (Å²) in [7, 11) is 0. The van der Waals surface area contributed by atoms with Crippen molar-refractivity contribution in [3.8, 4) is 5.75 Å². The Morgan fingerprint density at radius 3 is 2.19 bits per heavy atom. The Labute approximate surface area is 162 Å². The highest BCUT2D eigenvalue weighted by Crippen LogP contribution is 2.22. The topological polar surface area (TPSA) is 43.4 Å². The number of para-hydroxylation sites is 1. The zero-order valence-corrected chi connectivity index (χ0v) is 15.4. The molecule has 0 aromatic heterocycles. The van der Waals surface area contributed by atoms with Gasteiger partial charge in [-0.1, -0.05) is 59.6 Å². The lowest BCUT2D eigenvalue weighted by molar-refractivity contribution is 0.0734. The van der Waals surface area contributed by atoms with Gasteiger partial charge in [0.05, 0.1) is 5.56 Å². The zero-order chi connectivity index (χ0) is 19.2. The highest BCUT2D eigenvalue weighted by molar-refractivity contribution is 6.30. The van der Waals surface area contributed by atoms with E-state index in [1.165, 1.54) is 6.08 Å². The number of allylic oxidation sites excluding steroid dienone is 1. The minimum absolute atomic E-state index is 0.117. The quantitative estimate of drug-likeness (QED) is 0.246. The molecule has 134 valence electrons. The molecule has 0 amide bonds. The van der Waals surface area contributed by atoms with Gasteiger partial charge in [-0.05, 0) is 49.4 Å². The summed E-state index contributed by atoms with van der Waals surface area (Å²) >= 11 is 5.84. The molecular weight excluding hydrogens is 360 g/mol. The zero-order valence-electron chi connectivity index (χ0n) is 14.7. The van der Waals surface area contributed by atoms with Crippen molar-refractivity contribution in [3.05, 3.63) is 106 Å². The van der Waals surface area contributed by atoms with Crippen molar-refractivity contribution in [1.82, 2.24) is 0 Å². The van der Waals surface area contributed by atoms with E-state index in [4.69, 9.17) is 16.3 Å². The van der Waals surface area contributed by atoms with Crippen molar-refractivity contribution >= 4 is 29.4 Å². The van der Waals surface area contributed by atoms with E-state index in [-0.39, 0.29) is 5.78 Å². The van der Waals surface area contributed by atoms with Gasteiger partial charge in [0, 0.05) is 16.1 Å². The van der Waals surface area contributed by atoms with Crippen LogP contribution in [0, 0.1) is 6.92 Å². The van der Waals surface area contributed by atoms with Crippen LogP contribution in [-0.2, 0) is 0 Å². The largest absolute Gasteiger partial charge is 0.422 e. The maximum atomic E-state index is 12.3. The Balaban J connectivity index is 1.77. The Morgan fingerprint density at radius 2 is 1.48 bits per heavy atom. The van der Waals surface area contributed by atoms with Crippen LogP contribution in [0.5, 0.6) is 5.75 Å². The molecule has 0 spiro atoms. The predicted molar refractivity (Wildman–Crippen MR) is 107 cm³/mol. The van der Waals surface area contributed by atoms with E-state index in [1.54, 1.807) is 60.7 Å². The molecule has 0 radical (unpaired) electrons. The monoisotopic (exact) mass is 376 g/mol. The van der Waals surface area contributed by atoms with Crippen molar-refractivity contribution in [3.63, 3.8) is 0 Å². The summed E-state index contributed by atoms with van der Waals surface area (Å²) in [5.74, 6) is -0.225. The fourth-order valence-corrected chi connectivity index (χ4v) is 2.56. The van der Waals surface area contributed by atoms with Gasteiger partial charge in [0.2, 0.25) is 0 Å².